The normalized spacial score (nSPS) is 11.5. The van der Waals surface area contributed by atoms with E-state index in [0.29, 0.717) is 11.6 Å². The van der Waals surface area contributed by atoms with Crippen molar-refractivity contribution in [1.82, 2.24) is 10.2 Å². The standard InChI is InChI=1S/C10H9F2N3O2S/c1-6-5-13-14-10(6)15-18(16,17)7-2-3-8(11)9(12)4-7/h2-5H,1H3,(H2,13,14,15). The SMILES string of the molecule is Cc1cn[nH]c1NS(=O)(=O)c1ccc(F)c(F)c1. The fourth-order valence-electron chi connectivity index (χ4n) is 1.29. The number of aromatic amines is 1. The Kier molecular flexibility index (Phi) is 3.04. The van der Waals surface area contributed by atoms with Gasteiger partial charge < -0.3 is 0 Å². The van der Waals surface area contributed by atoms with E-state index in [9.17, 15) is 17.2 Å². The minimum atomic E-state index is -3.97. The van der Waals surface area contributed by atoms with Gasteiger partial charge >= 0.3 is 0 Å². The quantitative estimate of drug-likeness (QED) is 0.895. The first-order valence-electron chi connectivity index (χ1n) is 4.88. The zero-order valence-corrected chi connectivity index (χ0v) is 10.1. The number of sulfonamides is 1. The summed E-state index contributed by atoms with van der Waals surface area (Å²) in [4.78, 5) is -0.365. The van der Waals surface area contributed by atoms with Crippen LogP contribution in [-0.2, 0) is 10.0 Å². The van der Waals surface area contributed by atoms with Crippen LogP contribution in [0.15, 0.2) is 29.3 Å². The highest BCUT2D eigenvalue weighted by Gasteiger charge is 2.18. The lowest BCUT2D eigenvalue weighted by Gasteiger charge is -2.07. The molecule has 18 heavy (non-hydrogen) atoms. The van der Waals surface area contributed by atoms with Crippen molar-refractivity contribution in [3.8, 4) is 0 Å². The van der Waals surface area contributed by atoms with Gasteiger partial charge in [-0.25, -0.2) is 17.2 Å². The molecule has 2 rings (SSSR count). The first-order valence-corrected chi connectivity index (χ1v) is 6.36. The van der Waals surface area contributed by atoms with Crippen LogP contribution in [0.25, 0.3) is 0 Å². The van der Waals surface area contributed by atoms with Crippen LogP contribution in [0.2, 0.25) is 0 Å². The van der Waals surface area contributed by atoms with Crippen molar-refractivity contribution in [3.63, 3.8) is 0 Å². The van der Waals surface area contributed by atoms with Gasteiger partial charge in [0.05, 0.1) is 11.1 Å². The molecule has 0 aliphatic carbocycles. The average molecular weight is 273 g/mol. The molecule has 96 valence electrons. The van der Waals surface area contributed by atoms with Crippen LogP contribution in [0.3, 0.4) is 0 Å². The lowest BCUT2D eigenvalue weighted by Crippen LogP contribution is -2.14. The Balaban J connectivity index is 2.37. The molecule has 0 unspecified atom stereocenters. The summed E-state index contributed by atoms with van der Waals surface area (Å²) in [5.74, 6) is -2.15. The van der Waals surface area contributed by atoms with Crippen molar-refractivity contribution < 1.29 is 17.2 Å². The summed E-state index contributed by atoms with van der Waals surface area (Å²) in [5.41, 5.74) is 0.584. The van der Waals surface area contributed by atoms with Crippen LogP contribution >= 0.6 is 0 Å². The van der Waals surface area contributed by atoms with Gasteiger partial charge in [-0.05, 0) is 25.1 Å². The van der Waals surface area contributed by atoms with Gasteiger partial charge in [0.25, 0.3) is 10.0 Å². The number of nitrogens with zero attached hydrogens (tertiary/aromatic N) is 1. The minimum Gasteiger partial charge on any atom is -0.264 e. The molecule has 1 aromatic carbocycles. The van der Waals surface area contributed by atoms with Gasteiger partial charge in [-0.3, -0.25) is 9.82 Å². The molecule has 2 aromatic rings. The van der Waals surface area contributed by atoms with Crippen molar-refractivity contribution in [3.05, 3.63) is 41.6 Å². The molecule has 0 aliphatic heterocycles. The molecule has 2 N–H and O–H groups in total. The monoisotopic (exact) mass is 273 g/mol. The summed E-state index contributed by atoms with van der Waals surface area (Å²) >= 11 is 0. The van der Waals surface area contributed by atoms with E-state index in [1.165, 1.54) is 6.20 Å². The van der Waals surface area contributed by atoms with E-state index in [0.717, 1.165) is 12.1 Å². The summed E-state index contributed by atoms with van der Waals surface area (Å²) < 4.78 is 51.6. The number of benzene rings is 1. The van der Waals surface area contributed by atoms with E-state index >= 15 is 0 Å². The van der Waals surface area contributed by atoms with Gasteiger partial charge in [0.2, 0.25) is 0 Å². The Morgan fingerprint density at radius 2 is 2.00 bits per heavy atom. The highest BCUT2D eigenvalue weighted by atomic mass is 32.2. The summed E-state index contributed by atoms with van der Waals surface area (Å²) in [7, 11) is -3.97. The fourth-order valence-corrected chi connectivity index (χ4v) is 2.39. The van der Waals surface area contributed by atoms with E-state index in [4.69, 9.17) is 0 Å². The maximum absolute atomic E-state index is 13.0. The second kappa shape index (κ2) is 4.37. The van der Waals surface area contributed by atoms with Gasteiger partial charge in [0.15, 0.2) is 11.6 Å². The Morgan fingerprint density at radius 3 is 2.56 bits per heavy atom. The molecule has 0 saturated heterocycles. The molecular weight excluding hydrogens is 264 g/mol. The Hall–Kier alpha value is -1.96. The molecule has 0 saturated carbocycles. The van der Waals surface area contributed by atoms with Gasteiger partial charge in [-0.15, -0.1) is 0 Å². The number of H-pyrrole nitrogens is 1. The van der Waals surface area contributed by atoms with Crippen molar-refractivity contribution in [1.29, 1.82) is 0 Å². The lowest BCUT2D eigenvalue weighted by molar-refractivity contribution is 0.504. The average Bonchev–Trinajstić information content (AvgIpc) is 2.67. The topological polar surface area (TPSA) is 74.8 Å². The maximum Gasteiger partial charge on any atom is 0.263 e. The molecule has 0 atom stereocenters. The van der Waals surface area contributed by atoms with Crippen LogP contribution < -0.4 is 4.72 Å². The van der Waals surface area contributed by atoms with Crippen molar-refractivity contribution in [2.45, 2.75) is 11.8 Å². The minimum absolute atomic E-state index is 0.180. The Bertz CT molecular complexity index is 682. The fraction of sp³-hybridized carbons (Fsp3) is 0.100. The molecule has 0 aliphatic rings. The number of nitrogens with one attached hydrogen (secondary N) is 2. The summed E-state index contributed by atoms with van der Waals surface area (Å²) in [6, 6.07) is 2.35. The number of hydrogen-bond donors (Lipinski definition) is 2. The first kappa shape index (κ1) is 12.5. The number of aromatic nitrogens is 2. The first-order chi connectivity index (χ1) is 8.40. The van der Waals surface area contributed by atoms with Crippen LogP contribution in [0.5, 0.6) is 0 Å². The van der Waals surface area contributed by atoms with Crippen molar-refractivity contribution in [2.75, 3.05) is 4.72 Å². The van der Waals surface area contributed by atoms with Crippen LogP contribution in [0.1, 0.15) is 5.56 Å². The molecule has 0 spiro atoms. The largest absolute Gasteiger partial charge is 0.264 e. The van der Waals surface area contributed by atoms with Crippen LogP contribution in [0.4, 0.5) is 14.6 Å². The zero-order chi connectivity index (χ0) is 13.3. The third kappa shape index (κ3) is 2.33. The lowest BCUT2D eigenvalue weighted by atomic mass is 10.3. The molecule has 0 fully saturated rings. The van der Waals surface area contributed by atoms with Crippen molar-refractivity contribution >= 4 is 15.8 Å². The molecule has 1 heterocycles. The summed E-state index contributed by atoms with van der Waals surface area (Å²) in [5, 5.41) is 6.09. The summed E-state index contributed by atoms with van der Waals surface area (Å²) in [6.07, 6.45) is 1.43. The molecule has 1 aromatic heterocycles. The number of rotatable bonds is 3. The smallest absolute Gasteiger partial charge is 0.263 e. The predicted molar refractivity (Wildman–Crippen MR) is 60.5 cm³/mol. The van der Waals surface area contributed by atoms with E-state index in [2.05, 4.69) is 14.9 Å². The molecule has 8 heteroatoms. The summed E-state index contributed by atoms with van der Waals surface area (Å²) in [6.45, 7) is 1.65. The van der Waals surface area contributed by atoms with E-state index in [-0.39, 0.29) is 10.7 Å². The highest BCUT2D eigenvalue weighted by Crippen LogP contribution is 2.18. The third-order valence-corrected chi connectivity index (χ3v) is 3.61. The molecule has 0 radical (unpaired) electrons. The highest BCUT2D eigenvalue weighted by molar-refractivity contribution is 7.92. The number of anilines is 1. The molecule has 0 bridgehead atoms. The van der Waals surface area contributed by atoms with Crippen molar-refractivity contribution in [2.24, 2.45) is 0 Å². The number of halogens is 2. The molecule has 5 nitrogen and oxygen atoms in total. The van der Waals surface area contributed by atoms with Gasteiger partial charge in [0.1, 0.15) is 5.82 Å². The van der Waals surface area contributed by atoms with Gasteiger partial charge in [0, 0.05) is 5.56 Å². The van der Waals surface area contributed by atoms with Crippen LogP contribution in [-0.4, -0.2) is 18.6 Å². The number of aryl methyl sites for hydroxylation is 1. The second-order valence-electron chi connectivity index (χ2n) is 3.61. The third-order valence-electron chi connectivity index (χ3n) is 2.27. The van der Waals surface area contributed by atoms with E-state index in [1.54, 1.807) is 6.92 Å². The van der Waals surface area contributed by atoms with Gasteiger partial charge in [-0.1, -0.05) is 0 Å². The van der Waals surface area contributed by atoms with Crippen LogP contribution in [0, 0.1) is 18.6 Å². The second-order valence-corrected chi connectivity index (χ2v) is 5.29. The Morgan fingerprint density at radius 1 is 1.28 bits per heavy atom. The van der Waals surface area contributed by atoms with E-state index < -0.39 is 21.7 Å². The number of hydrogen-bond acceptors (Lipinski definition) is 3. The molecule has 0 amide bonds. The zero-order valence-electron chi connectivity index (χ0n) is 9.24. The Labute approximate surface area is 102 Å². The van der Waals surface area contributed by atoms with Gasteiger partial charge in [-0.2, -0.15) is 5.10 Å². The maximum atomic E-state index is 13.0. The predicted octanol–water partition coefficient (Wildman–Crippen LogP) is 1.80. The molecular formula is C10H9F2N3O2S. The van der Waals surface area contributed by atoms with E-state index in [1.807, 2.05) is 0 Å².